The topological polar surface area (TPSA) is 151 Å². The van der Waals surface area contributed by atoms with Crippen LogP contribution in [0.1, 0.15) is 85.0 Å². The highest BCUT2D eigenvalue weighted by atomic mass is 32.2. The number of hydrogen-bond acceptors (Lipinski definition) is 7. The van der Waals surface area contributed by atoms with E-state index in [4.69, 9.17) is 4.74 Å². The van der Waals surface area contributed by atoms with Crippen LogP contribution in [-0.4, -0.2) is 72.2 Å². The third-order valence-electron chi connectivity index (χ3n) is 7.52. The Morgan fingerprint density at radius 3 is 2.50 bits per heavy atom. The molecule has 0 bridgehead atoms. The van der Waals surface area contributed by atoms with Gasteiger partial charge in [-0.25, -0.2) is 13.2 Å². The highest BCUT2D eigenvalue weighted by molar-refractivity contribution is 7.91. The molecule has 4 aliphatic rings. The molecule has 11 nitrogen and oxygen atoms in total. The summed E-state index contributed by atoms with van der Waals surface area (Å²) in [5.41, 5.74) is -2.08. The first-order valence-electron chi connectivity index (χ1n) is 13.7. The largest absolute Gasteiger partial charge is 0.444 e. The van der Waals surface area contributed by atoms with Gasteiger partial charge in [0.25, 0.3) is 5.91 Å². The van der Waals surface area contributed by atoms with Crippen molar-refractivity contribution in [2.45, 2.75) is 113 Å². The summed E-state index contributed by atoms with van der Waals surface area (Å²) in [5.74, 6) is -1.89. The van der Waals surface area contributed by atoms with Crippen LogP contribution in [0.15, 0.2) is 12.2 Å². The molecule has 2 saturated carbocycles. The van der Waals surface area contributed by atoms with Crippen molar-refractivity contribution in [1.82, 2.24) is 20.3 Å². The van der Waals surface area contributed by atoms with Crippen molar-refractivity contribution in [2.24, 2.45) is 5.92 Å². The lowest BCUT2D eigenvalue weighted by Crippen LogP contribution is -2.58. The van der Waals surface area contributed by atoms with Crippen LogP contribution in [0.3, 0.4) is 0 Å². The molecule has 2 aliphatic heterocycles. The van der Waals surface area contributed by atoms with E-state index in [2.05, 4.69) is 15.4 Å². The molecule has 212 valence electrons. The molecule has 4 atom stereocenters. The summed E-state index contributed by atoms with van der Waals surface area (Å²) in [6.07, 6.45) is 9.05. The number of allylic oxidation sites excluding steroid dienone is 1. The van der Waals surface area contributed by atoms with Gasteiger partial charge >= 0.3 is 6.09 Å². The minimum atomic E-state index is -3.78. The summed E-state index contributed by atoms with van der Waals surface area (Å²) in [5, 5.41) is 4.96. The van der Waals surface area contributed by atoms with E-state index < -0.39 is 56.4 Å². The Hall–Kier alpha value is -2.63. The quantitative estimate of drug-likeness (QED) is 0.451. The Kier molecular flexibility index (Phi) is 8.11. The second kappa shape index (κ2) is 10.9. The first kappa shape index (κ1) is 28.4. The summed E-state index contributed by atoms with van der Waals surface area (Å²) in [4.78, 5) is 54.3. The number of ether oxygens (including phenoxy) is 1. The van der Waals surface area contributed by atoms with E-state index in [0.717, 1.165) is 19.3 Å². The minimum absolute atomic E-state index is 0.296. The van der Waals surface area contributed by atoms with E-state index in [9.17, 15) is 27.6 Å². The third-order valence-corrected chi connectivity index (χ3v) is 9.34. The zero-order chi connectivity index (χ0) is 27.7. The average Bonchev–Trinajstić information content (AvgIpc) is 3.72. The maximum Gasteiger partial charge on any atom is 0.408 e. The van der Waals surface area contributed by atoms with Crippen LogP contribution in [0.4, 0.5) is 4.79 Å². The molecule has 0 radical (unpaired) electrons. The molecule has 2 heterocycles. The SMILES string of the molecule is CC(C)(C)OC(=O)NC1CCCCCC=CC2CC2(C(=O)NS(=O)(=O)C2CC2)NC(=O)C2CCCN2C1=O. The number of amides is 4. The fourth-order valence-electron chi connectivity index (χ4n) is 5.23. The Morgan fingerprint density at radius 1 is 1.08 bits per heavy atom. The molecule has 0 spiro atoms. The molecule has 0 aromatic heterocycles. The van der Waals surface area contributed by atoms with Crippen LogP contribution in [0, 0.1) is 5.92 Å². The van der Waals surface area contributed by atoms with Crippen LogP contribution in [-0.2, 0) is 29.1 Å². The smallest absolute Gasteiger partial charge is 0.408 e. The van der Waals surface area contributed by atoms with Crippen molar-refractivity contribution in [3.8, 4) is 0 Å². The molecule has 2 aliphatic carbocycles. The number of nitrogens with one attached hydrogen (secondary N) is 3. The van der Waals surface area contributed by atoms with Gasteiger partial charge in [0.05, 0.1) is 5.25 Å². The molecule has 3 fully saturated rings. The summed E-state index contributed by atoms with van der Waals surface area (Å²) < 4.78 is 32.5. The second-order valence-electron chi connectivity index (χ2n) is 11.9. The van der Waals surface area contributed by atoms with Gasteiger partial charge in [-0.05, 0) is 72.1 Å². The molecular weight excluding hydrogens is 512 g/mol. The molecule has 3 N–H and O–H groups in total. The van der Waals surface area contributed by atoms with Gasteiger partial charge in [-0.15, -0.1) is 0 Å². The molecule has 38 heavy (non-hydrogen) atoms. The Balaban J connectivity index is 1.54. The minimum Gasteiger partial charge on any atom is -0.444 e. The predicted octanol–water partition coefficient (Wildman–Crippen LogP) is 1.87. The van der Waals surface area contributed by atoms with Gasteiger partial charge in [-0.2, -0.15) is 0 Å². The highest BCUT2D eigenvalue weighted by Crippen LogP contribution is 2.46. The van der Waals surface area contributed by atoms with Gasteiger partial charge < -0.3 is 20.3 Å². The standard InChI is InChI=1S/C26H40N4O7S/c1-25(2,3)37-24(34)27-19-11-8-6-4-5-7-10-17-16-26(17,23(33)29-38(35,36)18-13-14-18)28-21(31)20-12-9-15-30(20)22(19)32/h7,10,17-20H,4-6,8-9,11-16H2,1-3H3,(H,27,34)(H,28,31)(H,29,33). The number of rotatable bonds is 4. The van der Waals surface area contributed by atoms with Crippen molar-refractivity contribution in [1.29, 1.82) is 0 Å². The molecule has 0 aromatic rings. The number of alkyl carbamates (subject to hydrolysis) is 1. The van der Waals surface area contributed by atoms with E-state index in [0.29, 0.717) is 51.5 Å². The Morgan fingerprint density at radius 2 is 1.82 bits per heavy atom. The number of carbonyl (C=O) groups is 4. The molecule has 4 rings (SSSR count). The zero-order valence-corrected chi connectivity index (χ0v) is 23.3. The number of carbonyl (C=O) groups excluding carboxylic acids is 4. The number of hydrogen-bond donors (Lipinski definition) is 3. The third kappa shape index (κ3) is 6.68. The predicted molar refractivity (Wildman–Crippen MR) is 139 cm³/mol. The number of sulfonamides is 1. The molecule has 4 unspecified atom stereocenters. The molecule has 1 saturated heterocycles. The van der Waals surface area contributed by atoms with Crippen LogP contribution >= 0.6 is 0 Å². The van der Waals surface area contributed by atoms with Crippen LogP contribution in [0.25, 0.3) is 0 Å². The lowest BCUT2D eigenvalue weighted by atomic mass is 10.0. The number of nitrogens with zero attached hydrogens (tertiary/aromatic N) is 1. The zero-order valence-electron chi connectivity index (χ0n) is 22.5. The van der Waals surface area contributed by atoms with Gasteiger partial charge in [0.1, 0.15) is 23.2 Å². The van der Waals surface area contributed by atoms with E-state index in [1.807, 2.05) is 12.2 Å². The molecule has 4 amide bonds. The van der Waals surface area contributed by atoms with E-state index >= 15 is 0 Å². The van der Waals surface area contributed by atoms with Crippen LogP contribution in [0.5, 0.6) is 0 Å². The summed E-state index contributed by atoms with van der Waals surface area (Å²) >= 11 is 0. The summed E-state index contributed by atoms with van der Waals surface area (Å²) in [6, 6.07) is -1.65. The van der Waals surface area contributed by atoms with Crippen molar-refractivity contribution < 1.29 is 32.3 Å². The van der Waals surface area contributed by atoms with Gasteiger partial charge in [-0.1, -0.05) is 25.0 Å². The molecule has 0 aromatic carbocycles. The first-order valence-corrected chi connectivity index (χ1v) is 15.2. The van der Waals surface area contributed by atoms with Gasteiger partial charge in [0.15, 0.2) is 0 Å². The fourth-order valence-corrected chi connectivity index (χ4v) is 6.59. The van der Waals surface area contributed by atoms with Crippen molar-refractivity contribution in [2.75, 3.05) is 6.54 Å². The van der Waals surface area contributed by atoms with Crippen molar-refractivity contribution in [3.05, 3.63) is 12.2 Å². The molecule has 12 heteroatoms. The van der Waals surface area contributed by atoms with E-state index in [-0.39, 0.29) is 11.8 Å². The maximum atomic E-state index is 13.6. The second-order valence-corrected chi connectivity index (χ2v) is 13.9. The Labute approximate surface area is 224 Å². The average molecular weight is 553 g/mol. The maximum absolute atomic E-state index is 13.6. The molecular formula is C26H40N4O7S. The summed E-state index contributed by atoms with van der Waals surface area (Å²) in [6.45, 7) is 5.58. The lowest BCUT2D eigenvalue weighted by molar-refractivity contribution is -0.141. The van der Waals surface area contributed by atoms with E-state index in [1.54, 1.807) is 20.8 Å². The normalized spacial score (nSPS) is 30.7. The number of fused-ring (bicyclic) bond motifs is 2. The highest BCUT2D eigenvalue weighted by Gasteiger charge is 2.61. The summed E-state index contributed by atoms with van der Waals surface area (Å²) in [7, 11) is -3.78. The fraction of sp³-hybridized carbons (Fsp3) is 0.769. The van der Waals surface area contributed by atoms with E-state index in [1.165, 1.54) is 4.90 Å². The van der Waals surface area contributed by atoms with Gasteiger partial charge in [-0.3, -0.25) is 19.1 Å². The van der Waals surface area contributed by atoms with Gasteiger partial charge in [0, 0.05) is 12.5 Å². The monoisotopic (exact) mass is 552 g/mol. The van der Waals surface area contributed by atoms with Gasteiger partial charge in [0.2, 0.25) is 21.8 Å². The lowest BCUT2D eigenvalue weighted by Gasteiger charge is -2.30. The van der Waals surface area contributed by atoms with Crippen LogP contribution in [0.2, 0.25) is 0 Å². The van der Waals surface area contributed by atoms with Crippen LogP contribution < -0.4 is 15.4 Å². The van der Waals surface area contributed by atoms with Crippen molar-refractivity contribution in [3.63, 3.8) is 0 Å². The Bertz CT molecular complexity index is 1100. The van der Waals surface area contributed by atoms with Crippen molar-refractivity contribution >= 4 is 33.8 Å². The first-order chi connectivity index (χ1) is 17.8.